The number of benzene rings is 2. The van der Waals surface area contributed by atoms with Gasteiger partial charge in [0.1, 0.15) is 5.02 Å². The molecule has 0 saturated heterocycles. The topological polar surface area (TPSA) is 110 Å². The molecule has 9 nitrogen and oxygen atoms in total. The average Bonchev–Trinajstić information content (AvgIpc) is 2.72. The average molecular weight is 442 g/mol. The molecule has 2 aromatic carbocycles. The van der Waals surface area contributed by atoms with Crippen molar-refractivity contribution in [2.45, 2.75) is 13.8 Å². The first-order valence-corrected chi connectivity index (χ1v) is 9.66. The molecule has 0 aliphatic carbocycles. The van der Waals surface area contributed by atoms with Gasteiger partial charge in [-0.15, -0.1) is 0 Å². The summed E-state index contributed by atoms with van der Waals surface area (Å²) in [5.74, 6) is -0.268. The third kappa shape index (κ3) is 4.72. The predicted octanol–water partition coefficient (Wildman–Crippen LogP) is 3.49. The van der Waals surface area contributed by atoms with Crippen LogP contribution in [-0.4, -0.2) is 34.2 Å². The number of nitrogens with one attached hydrogen (secondary N) is 1. The summed E-state index contributed by atoms with van der Waals surface area (Å²) < 4.78 is 1.04. The van der Waals surface area contributed by atoms with E-state index in [2.05, 4.69) is 10.4 Å². The summed E-state index contributed by atoms with van der Waals surface area (Å²) in [6, 6.07) is 11.1. The maximum absolute atomic E-state index is 12.7. The lowest BCUT2D eigenvalue weighted by molar-refractivity contribution is -0.384. The van der Waals surface area contributed by atoms with E-state index in [1.807, 2.05) is 32.0 Å². The van der Waals surface area contributed by atoms with Crippen LogP contribution in [0, 0.1) is 24.0 Å². The van der Waals surface area contributed by atoms with Crippen molar-refractivity contribution < 1.29 is 9.72 Å². The monoisotopic (exact) mass is 441 g/mol. The fourth-order valence-corrected chi connectivity index (χ4v) is 3.35. The van der Waals surface area contributed by atoms with Gasteiger partial charge in [-0.25, -0.2) is 0 Å². The highest BCUT2D eigenvalue weighted by Gasteiger charge is 2.17. The molecular weight excluding hydrogens is 422 g/mol. The Bertz CT molecular complexity index is 1190. The number of amides is 1. The summed E-state index contributed by atoms with van der Waals surface area (Å²) in [6.45, 7) is 3.77. The Morgan fingerprint density at radius 1 is 1.19 bits per heavy atom. The summed E-state index contributed by atoms with van der Waals surface area (Å²) in [6.07, 6.45) is 1.37. The molecule has 0 bridgehead atoms. The zero-order valence-corrected chi connectivity index (χ0v) is 17.9. The van der Waals surface area contributed by atoms with E-state index in [9.17, 15) is 19.7 Å². The number of aromatic nitrogens is 2. The van der Waals surface area contributed by atoms with Gasteiger partial charge in [-0.1, -0.05) is 29.8 Å². The Hall–Kier alpha value is -3.72. The Balaban J connectivity index is 1.80. The highest BCUT2D eigenvalue weighted by molar-refractivity contribution is 6.33. The molecule has 160 valence electrons. The van der Waals surface area contributed by atoms with E-state index in [0.717, 1.165) is 21.5 Å². The lowest BCUT2D eigenvalue weighted by Crippen LogP contribution is -2.32. The summed E-state index contributed by atoms with van der Waals surface area (Å²) in [5, 5.41) is 17.7. The number of aryl methyl sites for hydroxylation is 2. The number of likely N-dealkylation sites (N-methyl/N-ethyl adjacent to an activating group) is 1. The van der Waals surface area contributed by atoms with Crippen LogP contribution in [0.25, 0.3) is 5.69 Å². The lowest BCUT2D eigenvalue weighted by atomic mass is 10.1. The first kappa shape index (κ1) is 22.0. The van der Waals surface area contributed by atoms with Gasteiger partial charge in [0.2, 0.25) is 5.91 Å². The highest BCUT2D eigenvalue weighted by Crippen LogP contribution is 2.22. The van der Waals surface area contributed by atoms with Gasteiger partial charge in [-0.2, -0.15) is 9.78 Å². The number of carbonyl (C=O) groups excluding carboxylic acids is 1. The van der Waals surface area contributed by atoms with Crippen LogP contribution in [0.15, 0.2) is 53.5 Å². The molecule has 3 rings (SSSR count). The number of nitro benzene ring substituents is 1. The highest BCUT2D eigenvalue weighted by atomic mass is 35.5. The molecule has 1 aromatic heterocycles. The zero-order chi connectivity index (χ0) is 22.7. The van der Waals surface area contributed by atoms with Crippen LogP contribution in [0.4, 0.5) is 17.1 Å². The van der Waals surface area contributed by atoms with Crippen LogP contribution < -0.4 is 15.8 Å². The van der Waals surface area contributed by atoms with Crippen molar-refractivity contribution >= 4 is 34.6 Å². The minimum atomic E-state index is -0.602. The van der Waals surface area contributed by atoms with E-state index in [-0.39, 0.29) is 23.2 Å². The standard InChI is InChI=1S/C21H20ClN5O4/c1-13-5-4-6-14(2)20(13)24-18(28)12-25(3)17-11-23-26(21(29)19(17)22)15-7-9-16(10-8-15)27(30)31/h4-11H,12H2,1-3H3,(H,24,28). The number of non-ortho nitro benzene ring substituents is 1. The predicted molar refractivity (Wildman–Crippen MR) is 119 cm³/mol. The van der Waals surface area contributed by atoms with Crippen LogP contribution in [-0.2, 0) is 4.79 Å². The number of para-hydroxylation sites is 1. The number of anilines is 2. The van der Waals surface area contributed by atoms with Crippen molar-refractivity contribution in [1.29, 1.82) is 0 Å². The van der Waals surface area contributed by atoms with Gasteiger partial charge in [-0.05, 0) is 37.1 Å². The van der Waals surface area contributed by atoms with Crippen LogP contribution in [0.2, 0.25) is 5.02 Å². The molecule has 0 radical (unpaired) electrons. The molecule has 0 atom stereocenters. The van der Waals surface area contributed by atoms with E-state index in [1.54, 1.807) is 7.05 Å². The SMILES string of the molecule is Cc1cccc(C)c1NC(=O)CN(C)c1cnn(-c2ccc([N+](=O)[O-])cc2)c(=O)c1Cl. The number of hydrogen-bond acceptors (Lipinski definition) is 6. The first-order valence-electron chi connectivity index (χ1n) is 9.29. The number of halogens is 1. The minimum Gasteiger partial charge on any atom is -0.363 e. The van der Waals surface area contributed by atoms with Gasteiger partial charge in [0.15, 0.2) is 0 Å². The minimum absolute atomic E-state index is 0.0455. The summed E-state index contributed by atoms with van der Waals surface area (Å²) in [4.78, 5) is 37.0. The Labute approximate surface area is 183 Å². The fraction of sp³-hybridized carbons (Fsp3) is 0.190. The zero-order valence-electron chi connectivity index (χ0n) is 17.1. The molecule has 0 aliphatic heterocycles. The van der Waals surface area contributed by atoms with Gasteiger partial charge < -0.3 is 10.2 Å². The molecule has 10 heteroatoms. The summed E-state index contributed by atoms with van der Waals surface area (Å²) in [5.41, 5.74) is 2.56. The molecule has 1 N–H and O–H groups in total. The number of rotatable bonds is 6. The number of nitro groups is 1. The summed E-state index contributed by atoms with van der Waals surface area (Å²) in [7, 11) is 1.63. The molecule has 1 heterocycles. The van der Waals surface area contributed by atoms with Crippen LogP contribution in [0.1, 0.15) is 11.1 Å². The molecule has 0 unspecified atom stereocenters. The first-order chi connectivity index (χ1) is 14.7. The quantitative estimate of drug-likeness (QED) is 0.463. The second-order valence-electron chi connectivity index (χ2n) is 7.01. The second-order valence-corrected chi connectivity index (χ2v) is 7.38. The lowest BCUT2D eigenvalue weighted by Gasteiger charge is -2.20. The molecule has 0 fully saturated rings. The van der Waals surface area contributed by atoms with E-state index in [0.29, 0.717) is 11.4 Å². The molecule has 0 aliphatic rings. The van der Waals surface area contributed by atoms with Crippen molar-refractivity contribution in [3.63, 3.8) is 0 Å². The maximum atomic E-state index is 12.7. The molecule has 3 aromatic rings. The Morgan fingerprint density at radius 2 is 1.81 bits per heavy atom. The van der Waals surface area contributed by atoms with Crippen molar-refractivity contribution in [1.82, 2.24) is 9.78 Å². The van der Waals surface area contributed by atoms with E-state index in [1.165, 1.54) is 35.4 Å². The van der Waals surface area contributed by atoms with Crippen molar-refractivity contribution in [3.8, 4) is 5.69 Å². The molecule has 0 saturated carbocycles. The second kappa shape index (κ2) is 8.97. The number of nitrogens with zero attached hydrogens (tertiary/aromatic N) is 4. The summed E-state index contributed by atoms with van der Waals surface area (Å²) >= 11 is 6.26. The molecule has 1 amide bonds. The van der Waals surface area contributed by atoms with Crippen molar-refractivity contribution in [2.75, 3.05) is 23.8 Å². The molecular formula is C21H20ClN5O4. The van der Waals surface area contributed by atoms with Crippen LogP contribution >= 0.6 is 11.6 Å². The Morgan fingerprint density at radius 3 is 2.39 bits per heavy atom. The Kier molecular flexibility index (Phi) is 6.36. The van der Waals surface area contributed by atoms with E-state index in [4.69, 9.17) is 11.6 Å². The van der Waals surface area contributed by atoms with Gasteiger partial charge in [0.25, 0.3) is 11.2 Å². The van der Waals surface area contributed by atoms with Crippen LogP contribution in [0.3, 0.4) is 0 Å². The van der Waals surface area contributed by atoms with Gasteiger partial charge >= 0.3 is 0 Å². The van der Waals surface area contributed by atoms with Gasteiger partial charge in [0, 0.05) is 24.9 Å². The van der Waals surface area contributed by atoms with E-state index < -0.39 is 10.5 Å². The fourth-order valence-electron chi connectivity index (χ4n) is 3.08. The number of hydrogen-bond donors (Lipinski definition) is 1. The third-order valence-corrected chi connectivity index (χ3v) is 5.10. The third-order valence-electron chi connectivity index (χ3n) is 4.74. The molecule has 0 spiro atoms. The maximum Gasteiger partial charge on any atom is 0.292 e. The van der Waals surface area contributed by atoms with Gasteiger partial charge in [0.05, 0.1) is 29.0 Å². The van der Waals surface area contributed by atoms with Crippen molar-refractivity contribution in [2.24, 2.45) is 0 Å². The van der Waals surface area contributed by atoms with E-state index >= 15 is 0 Å². The van der Waals surface area contributed by atoms with Crippen LogP contribution in [0.5, 0.6) is 0 Å². The van der Waals surface area contributed by atoms with Gasteiger partial charge in [-0.3, -0.25) is 19.7 Å². The van der Waals surface area contributed by atoms with Crippen molar-refractivity contribution in [3.05, 3.63) is 85.3 Å². The number of carbonyl (C=O) groups is 1. The molecule has 31 heavy (non-hydrogen) atoms. The smallest absolute Gasteiger partial charge is 0.292 e. The normalized spacial score (nSPS) is 10.6. The largest absolute Gasteiger partial charge is 0.363 e.